The van der Waals surface area contributed by atoms with Crippen LogP contribution in [-0.2, 0) is 17.1 Å². The maximum Gasteiger partial charge on any atom is 0.253 e. The molecule has 1 N–H and O–H groups in total. The molecule has 1 aromatic heterocycles. The van der Waals surface area contributed by atoms with Gasteiger partial charge in [0.1, 0.15) is 0 Å². The minimum absolute atomic E-state index is 0.114. The second kappa shape index (κ2) is 6.55. The number of carbonyl (C=O) groups is 1. The average molecular weight is 361 g/mol. The van der Waals surface area contributed by atoms with Gasteiger partial charge in [0.2, 0.25) is 10.0 Å². The van der Waals surface area contributed by atoms with Crippen molar-refractivity contribution in [2.24, 2.45) is 7.05 Å². The van der Waals surface area contributed by atoms with Gasteiger partial charge in [-0.3, -0.25) is 9.10 Å². The fourth-order valence-corrected chi connectivity index (χ4v) is 4.63. The van der Waals surface area contributed by atoms with Gasteiger partial charge in [-0.1, -0.05) is 12.1 Å². The summed E-state index contributed by atoms with van der Waals surface area (Å²) in [5.74, 6) is 0.0919. The van der Waals surface area contributed by atoms with E-state index in [0.29, 0.717) is 24.2 Å². The van der Waals surface area contributed by atoms with Crippen LogP contribution in [0.15, 0.2) is 36.5 Å². The van der Waals surface area contributed by atoms with Crippen molar-refractivity contribution in [2.75, 3.05) is 16.6 Å². The van der Waals surface area contributed by atoms with Gasteiger partial charge in [-0.25, -0.2) is 8.42 Å². The van der Waals surface area contributed by atoms with Gasteiger partial charge in [0.25, 0.3) is 5.91 Å². The van der Waals surface area contributed by atoms with Gasteiger partial charge < -0.3 is 9.88 Å². The maximum atomic E-state index is 12.4. The van der Waals surface area contributed by atoms with E-state index in [0.717, 1.165) is 11.3 Å². The number of hydrogen-bond acceptors (Lipinski definition) is 3. The third-order valence-electron chi connectivity index (χ3n) is 4.76. The van der Waals surface area contributed by atoms with Crippen molar-refractivity contribution in [1.82, 2.24) is 9.88 Å². The molecule has 3 rings (SSSR count). The number of aromatic nitrogens is 1. The van der Waals surface area contributed by atoms with E-state index in [9.17, 15) is 13.2 Å². The summed E-state index contributed by atoms with van der Waals surface area (Å²) < 4.78 is 27.3. The molecule has 1 fully saturated rings. The highest BCUT2D eigenvalue weighted by atomic mass is 32.2. The van der Waals surface area contributed by atoms with Crippen molar-refractivity contribution in [3.63, 3.8) is 0 Å². The van der Waals surface area contributed by atoms with Crippen LogP contribution in [0, 0.1) is 6.92 Å². The summed E-state index contributed by atoms with van der Waals surface area (Å²) in [6, 6.07) is 8.97. The lowest BCUT2D eigenvalue weighted by atomic mass is 10.1. The topological polar surface area (TPSA) is 71.4 Å². The van der Waals surface area contributed by atoms with Gasteiger partial charge in [0.05, 0.1) is 23.0 Å². The highest BCUT2D eigenvalue weighted by Crippen LogP contribution is 2.25. The summed E-state index contributed by atoms with van der Waals surface area (Å²) in [5, 5.41) is 2.99. The van der Waals surface area contributed by atoms with E-state index >= 15 is 0 Å². The number of nitrogens with one attached hydrogen (secondary N) is 1. The monoisotopic (exact) mass is 361 g/mol. The van der Waals surface area contributed by atoms with Gasteiger partial charge in [-0.15, -0.1) is 0 Å². The van der Waals surface area contributed by atoms with Crippen LogP contribution in [0.3, 0.4) is 0 Å². The Morgan fingerprint density at radius 1 is 1.20 bits per heavy atom. The summed E-state index contributed by atoms with van der Waals surface area (Å²) in [6.45, 7) is 4.35. The number of nitrogens with zero attached hydrogens (tertiary/aromatic N) is 2. The summed E-state index contributed by atoms with van der Waals surface area (Å²) >= 11 is 0. The van der Waals surface area contributed by atoms with Crippen LogP contribution in [0.4, 0.5) is 5.69 Å². The number of carbonyl (C=O) groups excluding carboxylic acids is 1. The minimum Gasteiger partial charge on any atom is -0.354 e. The fraction of sp³-hybridized carbons (Fsp3) is 0.389. The molecule has 1 atom stereocenters. The van der Waals surface area contributed by atoms with Crippen LogP contribution in [-0.4, -0.2) is 31.2 Å². The van der Waals surface area contributed by atoms with Gasteiger partial charge in [0, 0.05) is 25.5 Å². The molecule has 0 bridgehead atoms. The van der Waals surface area contributed by atoms with E-state index in [2.05, 4.69) is 5.32 Å². The normalized spacial score (nSPS) is 17.5. The van der Waals surface area contributed by atoms with E-state index in [1.54, 1.807) is 18.2 Å². The van der Waals surface area contributed by atoms with Crippen molar-refractivity contribution in [1.29, 1.82) is 0 Å². The molecule has 0 radical (unpaired) electrons. The Morgan fingerprint density at radius 2 is 1.88 bits per heavy atom. The lowest BCUT2D eigenvalue weighted by molar-refractivity contribution is 0.0939. The van der Waals surface area contributed by atoms with Crippen molar-refractivity contribution in [3.05, 3.63) is 53.3 Å². The van der Waals surface area contributed by atoms with Crippen LogP contribution in [0.5, 0.6) is 0 Å². The molecule has 1 aliphatic heterocycles. The van der Waals surface area contributed by atoms with Crippen LogP contribution in [0.25, 0.3) is 0 Å². The number of rotatable bonds is 4. The van der Waals surface area contributed by atoms with Crippen LogP contribution in [0.1, 0.15) is 41.0 Å². The first kappa shape index (κ1) is 17.5. The van der Waals surface area contributed by atoms with E-state index in [4.69, 9.17) is 0 Å². The summed E-state index contributed by atoms with van der Waals surface area (Å²) in [7, 11) is -1.27. The molecule has 1 aliphatic rings. The molecule has 0 aliphatic carbocycles. The molecule has 2 aromatic rings. The van der Waals surface area contributed by atoms with E-state index in [1.165, 1.54) is 4.31 Å². The first-order valence-electron chi connectivity index (χ1n) is 8.33. The number of amides is 1. The SMILES string of the molecule is Cc1c(C(=O)NC(C)c2ccc(N3CCCS3(=O)=O)cc2)ccn1C. The van der Waals surface area contributed by atoms with Crippen LogP contribution in [0.2, 0.25) is 0 Å². The number of benzene rings is 1. The standard InChI is InChI=1S/C18H23N3O3S/c1-13(19-18(22)17-9-11-20(3)14(17)2)15-5-7-16(8-6-15)21-10-4-12-25(21,23)24/h5-9,11,13H,4,10,12H2,1-3H3,(H,19,22). The zero-order valence-corrected chi connectivity index (χ0v) is 15.5. The second-order valence-electron chi connectivity index (χ2n) is 6.45. The molecule has 6 nitrogen and oxygen atoms in total. The summed E-state index contributed by atoms with van der Waals surface area (Å²) in [6.07, 6.45) is 2.52. The zero-order valence-electron chi connectivity index (χ0n) is 14.7. The number of sulfonamides is 1. The molecule has 1 amide bonds. The van der Waals surface area contributed by atoms with E-state index in [1.807, 2.05) is 43.8 Å². The quantitative estimate of drug-likeness (QED) is 0.909. The van der Waals surface area contributed by atoms with Crippen LogP contribution < -0.4 is 9.62 Å². The summed E-state index contributed by atoms with van der Waals surface area (Å²) in [4.78, 5) is 12.4. The number of aryl methyl sites for hydroxylation is 1. The molecule has 1 aromatic carbocycles. The Bertz CT molecular complexity index is 885. The average Bonchev–Trinajstić information content (AvgIpc) is 3.09. The molecule has 1 saturated heterocycles. The Hall–Kier alpha value is -2.28. The largest absolute Gasteiger partial charge is 0.354 e. The smallest absolute Gasteiger partial charge is 0.253 e. The van der Waals surface area contributed by atoms with E-state index in [-0.39, 0.29) is 17.7 Å². The number of anilines is 1. The molecule has 0 saturated carbocycles. The molecular weight excluding hydrogens is 338 g/mol. The third kappa shape index (κ3) is 3.42. The van der Waals surface area contributed by atoms with Gasteiger partial charge in [-0.05, 0) is 44.0 Å². The Kier molecular flexibility index (Phi) is 4.60. The lowest BCUT2D eigenvalue weighted by Gasteiger charge is -2.19. The minimum atomic E-state index is -3.17. The van der Waals surface area contributed by atoms with Crippen molar-refractivity contribution in [3.8, 4) is 0 Å². The predicted molar refractivity (Wildman–Crippen MR) is 98.2 cm³/mol. The third-order valence-corrected chi connectivity index (χ3v) is 6.63. The molecular formula is C18H23N3O3S. The van der Waals surface area contributed by atoms with E-state index < -0.39 is 10.0 Å². The highest BCUT2D eigenvalue weighted by molar-refractivity contribution is 7.93. The van der Waals surface area contributed by atoms with Gasteiger partial charge in [0.15, 0.2) is 0 Å². The van der Waals surface area contributed by atoms with Crippen LogP contribution >= 0.6 is 0 Å². The first-order valence-corrected chi connectivity index (χ1v) is 9.93. The maximum absolute atomic E-state index is 12.4. The Morgan fingerprint density at radius 3 is 2.40 bits per heavy atom. The predicted octanol–water partition coefficient (Wildman–Crippen LogP) is 2.36. The first-order chi connectivity index (χ1) is 11.8. The van der Waals surface area contributed by atoms with Crippen molar-refractivity contribution < 1.29 is 13.2 Å². The van der Waals surface area contributed by atoms with Crippen molar-refractivity contribution >= 4 is 21.6 Å². The second-order valence-corrected chi connectivity index (χ2v) is 8.47. The Balaban J connectivity index is 1.72. The molecule has 2 heterocycles. The molecule has 7 heteroatoms. The highest BCUT2D eigenvalue weighted by Gasteiger charge is 2.28. The zero-order chi connectivity index (χ0) is 18.2. The molecule has 0 spiro atoms. The lowest BCUT2D eigenvalue weighted by Crippen LogP contribution is -2.27. The fourth-order valence-electron chi connectivity index (χ4n) is 3.07. The van der Waals surface area contributed by atoms with Crippen molar-refractivity contribution in [2.45, 2.75) is 26.3 Å². The molecule has 25 heavy (non-hydrogen) atoms. The van der Waals surface area contributed by atoms with Gasteiger partial charge in [-0.2, -0.15) is 0 Å². The molecule has 134 valence electrons. The summed E-state index contributed by atoms with van der Waals surface area (Å²) in [5.41, 5.74) is 3.19. The van der Waals surface area contributed by atoms with Gasteiger partial charge >= 0.3 is 0 Å². The Labute approximate surface area is 148 Å². The molecule has 1 unspecified atom stereocenters. The number of hydrogen-bond donors (Lipinski definition) is 1.